The summed E-state index contributed by atoms with van der Waals surface area (Å²) in [6.07, 6.45) is 10.1. The van der Waals surface area contributed by atoms with E-state index in [9.17, 15) is 9.90 Å². The van der Waals surface area contributed by atoms with E-state index in [4.69, 9.17) is 9.72 Å². The molecular formula is C27H38N4O3. The molecule has 0 saturated carbocycles. The van der Waals surface area contributed by atoms with Crippen LogP contribution in [0.1, 0.15) is 74.9 Å². The SMILES string of the molecule is CC(C)(C)c1ccncc1C(C(=O)O)N1CC(OCCCCCc2ccc3c(n2)NCCC3)C1. The van der Waals surface area contributed by atoms with Gasteiger partial charge in [-0.25, -0.2) is 4.98 Å². The van der Waals surface area contributed by atoms with Gasteiger partial charge in [-0.1, -0.05) is 33.3 Å². The van der Waals surface area contributed by atoms with Crippen molar-refractivity contribution in [3.05, 3.63) is 53.0 Å². The molecule has 4 heterocycles. The van der Waals surface area contributed by atoms with Crippen LogP contribution in [0.25, 0.3) is 0 Å². The van der Waals surface area contributed by atoms with Crippen molar-refractivity contribution in [3.8, 4) is 0 Å². The highest BCUT2D eigenvalue weighted by Gasteiger charge is 2.39. The maximum absolute atomic E-state index is 12.1. The first-order valence-electron chi connectivity index (χ1n) is 12.6. The number of aliphatic carboxylic acids is 1. The number of nitrogens with zero attached hydrogens (tertiary/aromatic N) is 3. The van der Waals surface area contributed by atoms with Gasteiger partial charge in [0.1, 0.15) is 11.9 Å². The Labute approximate surface area is 202 Å². The van der Waals surface area contributed by atoms with Crippen LogP contribution >= 0.6 is 0 Å². The zero-order valence-electron chi connectivity index (χ0n) is 20.7. The molecule has 0 aliphatic carbocycles. The molecule has 1 fully saturated rings. The van der Waals surface area contributed by atoms with E-state index in [2.05, 4.69) is 43.2 Å². The van der Waals surface area contributed by atoms with E-state index in [0.29, 0.717) is 13.1 Å². The van der Waals surface area contributed by atoms with E-state index in [1.165, 1.54) is 12.0 Å². The summed E-state index contributed by atoms with van der Waals surface area (Å²) < 4.78 is 6.02. The van der Waals surface area contributed by atoms with E-state index in [-0.39, 0.29) is 11.5 Å². The molecular weight excluding hydrogens is 428 g/mol. The Morgan fingerprint density at radius 3 is 2.82 bits per heavy atom. The molecule has 1 unspecified atom stereocenters. The average Bonchev–Trinajstić information content (AvgIpc) is 2.78. The van der Waals surface area contributed by atoms with Crippen LogP contribution < -0.4 is 5.32 Å². The fourth-order valence-corrected chi connectivity index (χ4v) is 4.92. The van der Waals surface area contributed by atoms with Gasteiger partial charge in [-0.15, -0.1) is 0 Å². The third-order valence-corrected chi connectivity index (χ3v) is 6.81. The van der Waals surface area contributed by atoms with Crippen LogP contribution in [0.4, 0.5) is 5.82 Å². The first-order valence-corrected chi connectivity index (χ1v) is 12.6. The van der Waals surface area contributed by atoms with Crippen LogP contribution in [0, 0.1) is 0 Å². The Morgan fingerprint density at radius 1 is 1.24 bits per heavy atom. The van der Waals surface area contributed by atoms with E-state index in [1.54, 1.807) is 12.4 Å². The summed E-state index contributed by atoms with van der Waals surface area (Å²) >= 11 is 0. The number of anilines is 1. The van der Waals surface area contributed by atoms with E-state index in [0.717, 1.165) is 67.9 Å². The Bertz CT molecular complexity index is 982. The lowest BCUT2D eigenvalue weighted by Crippen LogP contribution is -2.55. The number of rotatable bonds is 10. The highest BCUT2D eigenvalue weighted by Crippen LogP contribution is 2.34. The van der Waals surface area contributed by atoms with E-state index >= 15 is 0 Å². The van der Waals surface area contributed by atoms with Crippen LogP contribution in [0.5, 0.6) is 0 Å². The van der Waals surface area contributed by atoms with Gasteiger partial charge in [0.2, 0.25) is 0 Å². The molecule has 1 atom stereocenters. The zero-order chi connectivity index (χ0) is 24.1. The summed E-state index contributed by atoms with van der Waals surface area (Å²) in [7, 11) is 0. The maximum Gasteiger partial charge on any atom is 0.325 e. The van der Waals surface area contributed by atoms with Gasteiger partial charge in [0.05, 0.1) is 6.10 Å². The normalized spacial score (nSPS) is 17.5. The predicted octanol–water partition coefficient (Wildman–Crippen LogP) is 4.37. The highest BCUT2D eigenvalue weighted by atomic mass is 16.5. The second kappa shape index (κ2) is 10.8. The fraction of sp³-hybridized carbons (Fsp3) is 0.593. The first kappa shape index (κ1) is 24.6. The fourth-order valence-electron chi connectivity index (χ4n) is 4.92. The largest absolute Gasteiger partial charge is 0.480 e. The Balaban J connectivity index is 1.18. The number of ether oxygens (including phenoxy) is 1. The minimum Gasteiger partial charge on any atom is -0.480 e. The molecule has 0 radical (unpaired) electrons. The van der Waals surface area contributed by atoms with Crippen LogP contribution in [-0.4, -0.2) is 58.3 Å². The second-order valence-corrected chi connectivity index (χ2v) is 10.6. The molecule has 2 aliphatic rings. The molecule has 0 aromatic carbocycles. The lowest BCUT2D eigenvalue weighted by molar-refractivity contribution is -0.151. The predicted molar refractivity (Wildman–Crippen MR) is 133 cm³/mol. The van der Waals surface area contributed by atoms with Gasteiger partial charge in [-0.05, 0) is 60.8 Å². The van der Waals surface area contributed by atoms with Crippen molar-refractivity contribution in [2.75, 3.05) is 31.6 Å². The van der Waals surface area contributed by atoms with Crippen molar-refractivity contribution in [2.45, 2.75) is 76.9 Å². The summed E-state index contributed by atoms with van der Waals surface area (Å²) in [5, 5.41) is 13.4. The molecule has 2 aromatic heterocycles. The Morgan fingerprint density at radius 2 is 2.06 bits per heavy atom. The molecule has 2 aromatic rings. The molecule has 0 amide bonds. The van der Waals surface area contributed by atoms with Gasteiger partial charge in [0, 0.05) is 49.9 Å². The summed E-state index contributed by atoms with van der Waals surface area (Å²) in [5.41, 5.74) is 4.17. The van der Waals surface area contributed by atoms with Crippen molar-refractivity contribution < 1.29 is 14.6 Å². The second-order valence-electron chi connectivity index (χ2n) is 10.6. The number of hydrogen-bond donors (Lipinski definition) is 2. The molecule has 4 rings (SSSR count). The number of aryl methyl sites for hydroxylation is 2. The number of nitrogens with one attached hydrogen (secondary N) is 1. The zero-order valence-corrected chi connectivity index (χ0v) is 20.7. The number of unbranched alkanes of at least 4 members (excludes halogenated alkanes) is 2. The molecule has 7 nitrogen and oxygen atoms in total. The molecule has 1 saturated heterocycles. The van der Waals surface area contributed by atoms with Crippen molar-refractivity contribution in [1.29, 1.82) is 0 Å². The number of carboxylic acid groups (broad SMARTS) is 1. The molecule has 2 aliphatic heterocycles. The van der Waals surface area contributed by atoms with Gasteiger partial charge in [0.15, 0.2) is 0 Å². The summed E-state index contributed by atoms with van der Waals surface area (Å²) in [5.74, 6) is 0.241. The molecule has 184 valence electrons. The molecule has 0 spiro atoms. The molecule has 34 heavy (non-hydrogen) atoms. The van der Waals surface area contributed by atoms with Crippen molar-refractivity contribution in [3.63, 3.8) is 0 Å². The summed E-state index contributed by atoms with van der Waals surface area (Å²) in [4.78, 5) is 23.1. The molecule has 2 N–H and O–H groups in total. The number of fused-ring (bicyclic) bond motifs is 1. The first-order chi connectivity index (χ1) is 16.3. The topological polar surface area (TPSA) is 87.6 Å². The molecule has 0 bridgehead atoms. The number of aromatic nitrogens is 2. The molecule has 7 heteroatoms. The van der Waals surface area contributed by atoms with Crippen molar-refractivity contribution in [1.82, 2.24) is 14.9 Å². The highest BCUT2D eigenvalue weighted by molar-refractivity contribution is 5.76. The lowest BCUT2D eigenvalue weighted by atomic mass is 9.82. The third kappa shape index (κ3) is 5.94. The van der Waals surface area contributed by atoms with E-state index in [1.807, 2.05) is 11.0 Å². The monoisotopic (exact) mass is 466 g/mol. The van der Waals surface area contributed by atoms with E-state index < -0.39 is 12.0 Å². The van der Waals surface area contributed by atoms with Crippen LogP contribution in [-0.2, 0) is 27.8 Å². The number of carboxylic acids is 1. The Hall–Kier alpha value is -2.51. The lowest BCUT2D eigenvalue weighted by Gasteiger charge is -2.43. The quantitative estimate of drug-likeness (QED) is 0.503. The van der Waals surface area contributed by atoms with Crippen LogP contribution in [0.3, 0.4) is 0 Å². The van der Waals surface area contributed by atoms with Gasteiger partial charge < -0.3 is 15.2 Å². The standard InChI is InChI=1S/C27H38N4O3/c1-27(2,3)23-12-14-28-16-22(23)24(26(32)33)31-17-21(18-31)34-15-6-4-5-9-20-11-10-19-8-7-13-29-25(19)30-20/h10-12,14,16,21,24H,4-9,13,15,17-18H2,1-3H3,(H,29,30)(H,32,33). The summed E-state index contributed by atoms with van der Waals surface area (Å²) in [6.45, 7) is 9.33. The number of pyridine rings is 2. The third-order valence-electron chi connectivity index (χ3n) is 6.81. The maximum atomic E-state index is 12.1. The van der Waals surface area contributed by atoms with Crippen molar-refractivity contribution >= 4 is 11.8 Å². The van der Waals surface area contributed by atoms with Crippen LogP contribution in [0.15, 0.2) is 30.6 Å². The van der Waals surface area contributed by atoms with Gasteiger partial charge in [-0.2, -0.15) is 0 Å². The average molecular weight is 467 g/mol. The smallest absolute Gasteiger partial charge is 0.325 e. The number of carbonyl (C=O) groups is 1. The minimum absolute atomic E-state index is 0.102. The van der Waals surface area contributed by atoms with Crippen LogP contribution in [0.2, 0.25) is 0 Å². The number of hydrogen-bond acceptors (Lipinski definition) is 6. The summed E-state index contributed by atoms with van der Waals surface area (Å²) in [6, 6.07) is 5.64. The van der Waals surface area contributed by atoms with Gasteiger partial charge in [0.25, 0.3) is 0 Å². The Kier molecular flexibility index (Phi) is 7.84. The number of likely N-dealkylation sites (tertiary alicyclic amines) is 1. The van der Waals surface area contributed by atoms with Crippen molar-refractivity contribution in [2.24, 2.45) is 0 Å². The van der Waals surface area contributed by atoms with Gasteiger partial charge >= 0.3 is 5.97 Å². The van der Waals surface area contributed by atoms with Gasteiger partial charge in [-0.3, -0.25) is 14.7 Å². The minimum atomic E-state index is -0.831.